The molecule has 2 fully saturated rings. The molecule has 0 aromatic rings. The quantitative estimate of drug-likeness (QED) is 0.393. The van der Waals surface area contributed by atoms with Crippen LogP contribution in [0.25, 0.3) is 0 Å². The molecule has 1 saturated heterocycles. The zero-order valence-electron chi connectivity index (χ0n) is 5.92. The summed E-state index contributed by atoms with van der Waals surface area (Å²) in [6.07, 6.45) is 4.53. The van der Waals surface area contributed by atoms with Gasteiger partial charge in [0.1, 0.15) is 0 Å². The van der Waals surface area contributed by atoms with Crippen LogP contribution >= 0.6 is 0 Å². The van der Waals surface area contributed by atoms with Crippen LogP contribution in [0, 0.1) is 0 Å². The summed E-state index contributed by atoms with van der Waals surface area (Å²) in [6, 6.07) is 0.446. The second kappa shape index (κ2) is 2.22. The van der Waals surface area contributed by atoms with Crippen molar-refractivity contribution in [3.05, 3.63) is 6.58 Å². The predicted octanol–water partition coefficient (Wildman–Crippen LogP) is 1.16. The Bertz CT molecular complexity index is 184. The van der Waals surface area contributed by atoms with E-state index in [1.807, 2.05) is 0 Å². The zero-order chi connectivity index (χ0) is 6.97. The molecule has 0 aromatic heterocycles. The smallest absolute Gasteiger partial charge is 0.0862 e. The van der Waals surface area contributed by atoms with Gasteiger partial charge in [0.05, 0.1) is 18.2 Å². The van der Waals surface area contributed by atoms with Crippen molar-refractivity contribution < 1.29 is 4.74 Å². The summed E-state index contributed by atoms with van der Waals surface area (Å²) in [5.74, 6) is 2.60. The predicted molar refractivity (Wildman–Crippen MR) is 39.4 cm³/mol. The lowest BCUT2D eigenvalue weighted by molar-refractivity contribution is 0.371. The molecule has 2 rings (SSSR count). The number of ether oxygens (including phenoxy) is 1. The number of fused-ring (bicyclic) bond motifs is 1. The van der Waals surface area contributed by atoms with Gasteiger partial charge >= 0.3 is 0 Å². The van der Waals surface area contributed by atoms with Gasteiger partial charge in [-0.05, 0) is 31.7 Å². The molecule has 2 nitrogen and oxygen atoms in total. The highest BCUT2D eigenvalue weighted by Gasteiger charge is 2.43. The van der Waals surface area contributed by atoms with E-state index < -0.39 is 0 Å². The highest BCUT2D eigenvalue weighted by atomic mass is 16.6. The summed E-state index contributed by atoms with van der Waals surface area (Å²) in [7, 11) is 0. The van der Waals surface area contributed by atoms with Gasteiger partial charge in [-0.15, -0.1) is 0 Å². The molecule has 0 bridgehead atoms. The Morgan fingerprint density at radius 2 is 2.30 bits per heavy atom. The number of epoxide rings is 1. The van der Waals surface area contributed by atoms with Crippen LogP contribution in [-0.4, -0.2) is 24.1 Å². The Kier molecular flexibility index (Phi) is 1.37. The highest BCUT2D eigenvalue weighted by Crippen LogP contribution is 2.37. The van der Waals surface area contributed by atoms with Crippen LogP contribution in [0.4, 0.5) is 0 Å². The average molecular weight is 137 g/mol. The molecule has 1 aliphatic carbocycles. The standard InChI is InChI=1S/C8H11NO/c1-2-9-6-3-4-7-8(5-6)10-7/h6-8H,1,3-5H2. The lowest BCUT2D eigenvalue weighted by atomic mass is 9.96. The topological polar surface area (TPSA) is 24.9 Å². The van der Waals surface area contributed by atoms with Gasteiger partial charge in [0, 0.05) is 0 Å². The molecular weight excluding hydrogens is 126 g/mol. The van der Waals surface area contributed by atoms with Gasteiger partial charge in [-0.2, -0.15) is 0 Å². The molecule has 0 radical (unpaired) electrons. The molecule has 10 heavy (non-hydrogen) atoms. The lowest BCUT2D eigenvalue weighted by Gasteiger charge is -2.11. The molecule has 0 N–H and O–H groups in total. The maximum Gasteiger partial charge on any atom is 0.0862 e. The first-order valence-corrected chi connectivity index (χ1v) is 3.77. The third-order valence-corrected chi connectivity index (χ3v) is 2.25. The van der Waals surface area contributed by atoms with Crippen LogP contribution in [0.2, 0.25) is 0 Å². The van der Waals surface area contributed by atoms with E-state index in [9.17, 15) is 0 Å². The molecule has 1 heterocycles. The van der Waals surface area contributed by atoms with Crippen LogP contribution < -0.4 is 0 Å². The largest absolute Gasteiger partial charge is 0.370 e. The van der Waals surface area contributed by atoms with Crippen molar-refractivity contribution in [1.82, 2.24) is 0 Å². The van der Waals surface area contributed by atoms with Gasteiger partial charge in [0.25, 0.3) is 0 Å². The SMILES string of the molecule is C=C=NC1CCC2OC2C1. The Morgan fingerprint density at radius 1 is 1.40 bits per heavy atom. The van der Waals surface area contributed by atoms with Gasteiger partial charge in [-0.1, -0.05) is 0 Å². The third kappa shape index (κ3) is 1.00. The fourth-order valence-corrected chi connectivity index (χ4v) is 1.63. The molecule has 3 unspecified atom stereocenters. The van der Waals surface area contributed by atoms with Gasteiger partial charge in [0.15, 0.2) is 0 Å². The van der Waals surface area contributed by atoms with Crippen LogP contribution in [0.5, 0.6) is 0 Å². The van der Waals surface area contributed by atoms with Crippen molar-refractivity contribution in [2.75, 3.05) is 0 Å². The van der Waals surface area contributed by atoms with E-state index in [0.29, 0.717) is 18.2 Å². The van der Waals surface area contributed by atoms with Crippen molar-refractivity contribution in [2.45, 2.75) is 37.5 Å². The molecule has 1 saturated carbocycles. The number of hydrogen-bond donors (Lipinski definition) is 0. The summed E-state index contributed by atoms with van der Waals surface area (Å²) in [4.78, 5) is 4.12. The van der Waals surface area contributed by atoms with Crippen LogP contribution in [-0.2, 0) is 4.74 Å². The summed E-state index contributed by atoms with van der Waals surface area (Å²) in [6.45, 7) is 3.46. The Hall–Kier alpha value is -0.590. The number of hydrogen-bond acceptors (Lipinski definition) is 2. The first-order valence-electron chi connectivity index (χ1n) is 3.77. The minimum absolute atomic E-state index is 0.446. The highest BCUT2D eigenvalue weighted by molar-refractivity contribution is 5.46. The minimum Gasteiger partial charge on any atom is -0.370 e. The molecule has 3 atom stereocenters. The molecule has 0 spiro atoms. The maximum atomic E-state index is 5.35. The monoisotopic (exact) mass is 137 g/mol. The van der Waals surface area contributed by atoms with Crippen molar-refractivity contribution >= 4 is 5.87 Å². The second-order valence-electron chi connectivity index (χ2n) is 2.97. The van der Waals surface area contributed by atoms with Gasteiger partial charge in [-0.25, -0.2) is 4.99 Å². The normalized spacial score (nSPS) is 43.4. The van der Waals surface area contributed by atoms with Crippen molar-refractivity contribution in [2.24, 2.45) is 4.99 Å². The van der Waals surface area contributed by atoms with Gasteiger partial charge in [-0.3, -0.25) is 0 Å². The number of nitrogens with zero attached hydrogens (tertiary/aromatic N) is 1. The molecular formula is C8H11NO. The van der Waals surface area contributed by atoms with Crippen LogP contribution in [0.15, 0.2) is 11.6 Å². The second-order valence-corrected chi connectivity index (χ2v) is 2.97. The van der Waals surface area contributed by atoms with E-state index in [0.717, 1.165) is 12.8 Å². The van der Waals surface area contributed by atoms with Gasteiger partial charge < -0.3 is 4.74 Å². The molecule has 2 heteroatoms. The molecule has 2 aliphatic rings. The third-order valence-electron chi connectivity index (χ3n) is 2.25. The number of aliphatic imine (C=N–C) groups is 1. The molecule has 0 aromatic carbocycles. The Balaban J connectivity index is 1.93. The molecule has 0 amide bonds. The first-order chi connectivity index (χ1) is 4.90. The summed E-state index contributed by atoms with van der Waals surface area (Å²) < 4.78 is 5.35. The molecule has 54 valence electrons. The van der Waals surface area contributed by atoms with Crippen molar-refractivity contribution in [1.29, 1.82) is 0 Å². The first kappa shape index (κ1) is 6.14. The van der Waals surface area contributed by atoms with E-state index in [1.54, 1.807) is 0 Å². The maximum absolute atomic E-state index is 5.35. The van der Waals surface area contributed by atoms with E-state index in [4.69, 9.17) is 4.74 Å². The van der Waals surface area contributed by atoms with E-state index in [2.05, 4.69) is 17.4 Å². The summed E-state index contributed by atoms with van der Waals surface area (Å²) >= 11 is 0. The van der Waals surface area contributed by atoms with E-state index >= 15 is 0 Å². The van der Waals surface area contributed by atoms with Crippen molar-refractivity contribution in [3.8, 4) is 0 Å². The Labute approximate surface area is 60.6 Å². The minimum atomic E-state index is 0.446. The molecule has 1 aliphatic heterocycles. The fourth-order valence-electron chi connectivity index (χ4n) is 1.63. The summed E-state index contributed by atoms with van der Waals surface area (Å²) in [5, 5.41) is 0. The lowest BCUT2D eigenvalue weighted by Crippen LogP contribution is -2.15. The Morgan fingerprint density at radius 3 is 3.00 bits per heavy atom. The van der Waals surface area contributed by atoms with Crippen molar-refractivity contribution in [3.63, 3.8) is 0 Å². The van der Waals surface area contributed by atoms with Gasteiger partial charge in [0.2, 0.25) is 0 Å². The van der Waals surface area contributed by atoms with E-state index in [-0.39, 0.29) is 0 Å². The fraction of sp³-hybridized carbons (Fsp3) is 0.750. The van der Waals surface area contributed by atoms with E-state index in [1.165, 1.54) is 6.42 Å². The zero-order valence-corrected chi connectivity index (χ0v) is 5.92. The number of rotatable bonds is 1. The average Bonchev–Trinajstić information content (AvgIpc) is 2.66. The van der Waals surface area contributed by atoms with Crippen LogP contribution in [0.3, 0.4) is 0 Å². The van der Waals surface area contributed by atoms with Crippen LogP contribution in [0.1, 0.15) is 19.3 Å². The summed E-state index contributed by atoms with van der Waals surface area (Å²) in [5.41, 5.74) is 0.